The van der Waals surface area contributed by atoms with Gasteiger partial charge in [0.25, 0.3) is 11.8 Å². The standard InChI is InChI=1S/C24H15NO2/c26-23-21-18(15-7-3-1-4-8-15)13-11-17-12-14-19(16-9-5-2-6-10-16)22(20(17)21)24(27)25-23/h1-14H,(H,25,26,27). The number of nitrogens with one attached hydrogen (secondary N) is 1. The molecule has 1 heterocycles. The molecule has 0 atom stereocenters. The Bertz CT molecular complexity index is 1120. The van der Waals surface area contributed by atoms with Crippen LogP contribution in [0.15, 0.2) is 84.9 Å². The summed E-state index contributed by atoms with van der Waals surface area (Å²) < 4.78 is 0. The minimum Gasteiger partial charge on any atom is -0.288 e. The number of imide groups is 1. The minimum atomic E-state index is -0.345. The second-order valence-corrected chi connectivity index (χ2v) is 6.59. The fourth-order valence-corrected chi connectivity index (χ4v) is 3.83. The number of amides is 2. The van der Waals surface area contributed by atoms with Crippen molar-refractivity contribution in [1.82, 2.24) is 5.32 Å². The Hall–Kier alpha value is -3.72. The van der Waals surface area contributed by atoms with Crippen molar-refractivity contribution in [2.45, 2.75) is 0 Å². The Balaban J connectivity index is 1.91. The van der Waals surface area contributed by atoms with Crippen molar-refractivity contribution in [3.8, 4) is 22.3 Å². The van der Waals surface area contributed by atoms with Crippen LogP contribution >= 0.6 is 0 Å². The molecule has 1 aliphatic heterocycles. The van der Waals surface area contributed by atoms with Gasteiger partial charge in [-0.25, -0.2) is 0 Å². The molecule has 3 nitrogen and oxygen atoms in total. The molecule has 0 radical (unpaired) electrons. The first-order chi connectivity index (χ1) is 13.2. The van der Waals surface area contributed by atoms with Crippen LogP contribution in [0.4, 0.5) is 0 Å². The summed E-state index contributed by atoms with van der Waals surface area (Å²) in [6.07, 6.45) is 0. The molecule has 0 bridgehead atoms. The number of hydrogen-bond acceptors (Lipinski definition) is 2. The van der Waals surface area contributed by atoms with Crippen molar-refractivity contribution in [2.75, 3.05) is 0 Å². The number of carbonyl (C=O) groups is 2. The lowest BCUT2D eigenvalue weighted by Gasteiger charge is -2.22. The maximum Gasteiger partial charge on any atom is 0.259 e. The minimum absolute atomic E-state index is 0.345. The zero-order chi connectivity index (χ0) is 18.4. The molecule has 0 aliphatic carbocycles. The normalized spacial score (nSPS) is 12.9. The maximum absolute atomic E-state index is 12.8. The highest BCUT2D eigenvalue weighted by Gasteiger charge is 2.30. The zero-order valence-corrected chi connectivity index (χ0v) is 14.4. The predicted octanol–water partition coefficient (Wildman–Crippen LogP) is 5.06. The third kappa shape index (κ3) is 2.36. The van der Waals surface area contributed by atoms with Crippen LogP contribution < -0.4 is 5.32 Å². The summed E-state index contributed by atoms with van der Waals surface area (Å²) in [5.74, 6) is -0.690. The van der Waals surface area contributed by atoms with Gasteiger partial charge < -0.3 is 0 Å². The van der Waals surface area contributed by atoms with Gasteiger partial charge in [0.1, 0.15) is 0 Å². The monoisotopic (exact) mass is 349 g/mol. The lowest BCUT2D eigenvalue weighted by molar-refractivity contribution is 0.0846. The lowest BCUT2D eigenvalue weighted by Crippen LogP contribution is -2.35. The molecule has 4 aromatic carbocycles. The fraction of sp³-hybridized carbons (Fsp3) is 0. The highest BCUT2D eigenvalue weighted by atomic mass is 16.2. The average molecular weight is 349 g/mol. The van der Waals surface area contributed by atoms with Crippen LogP contribution in [0.3, 0.4) is 0 Å². The Morgan fingerprint density at radius 1 is 0.519 bits per heavy atom. The second kappa shape index (κ2) is 5.92. The van der Waals surface area contributed by atoms with Gasteiger partial charge >= 0.3 is 0 Å². The maximum atomic E-state index is 12.8. The van der Waals surface area contributed by atoms with E-state index in [9.17, 15) is 9.59 Å². The van der Waals surface area contributed by atoms with Gasteiger partial charge in [-0.15, -0.1) is 0 Å². The Morgan fingerprint density at radius 2 is 0.963 bits per heavy atom. The van der Waals surface area contributed by atoms with E-state index >= 15 is 0 Å². The summed E-state index contributed by atoms with van der Waals surface area (Å²) in [5, 5.41) is 4.16. The average Bonchev–Trinajstić information content (AvgIpc) is 2.72. The van der Waals surface area contributed by atoms with Gasteiger partial charge in [0.05, 0.1) is 11.1 Å². The molecule has 0 spiro atoms. The number of rotatable bonds is 2. The highest BCUT2D eigenvalue weighted by Crippen LogP contribution is 2.38. The van der Waals surface area contributed by atoms with Crippen LogP contribution in [0.25, 0.3) is 33.0 Å². The van der Waals surface area contributed by atoms with Crippen LogP contribution in [0.5, 0.6) is 0 Å². The van der Waals surface area contributed by atoms with Crippen molar-refractivity contribution in [3.05, 3.63) is 96.1 Å². The molecule has 0 aromatic heterocycles. The molecule has 2 amide bonds. The van der Waals surface area contributed by atoms with Crippen molar-refractivity contribution >= 4 is 22.6 Å². The van der Waals surface area contributed by atoms with E-state index in [1.54, 1.807) is 0 Å². The third-order valence-electron chi connectivity index (χ3n) is 5.04. The van der Waals surface area contributed by atoms with Crippen molar-refractivity contribution in [3.63, 3.8) is 0 Å². The predicted molar refractivity (Wildman–Crippen MR) is 107 cm³/mol. The van der Waals surface area contributed by atoms with E-state index in [1.165, 1.54) is 0 Å². The van der Waals surface area contributed by atoms with E-state index in [2.05, 4.69) is 5.32 Å². The summed E-state index contributed by atoms with van der Waals surface area (Å²) in [6, 6.07) is 27.4. The van der Waals surface area contributed by atoms with Gasteiger partial charge in [0.15, 0.2) is 0 Å². The molecule has 1 aliphatic rings. The first-order valence-corrected chi connectivity index (χ1v) is 8.80. The molecule has 0 saturated carbocycles. The topological polar surface area (TPSA) is 46.2 Å². The Morgan fingerprint density at radius 3 is 1.41 bits per heavy atom. The summed E-state index contributed by atoms with van der Waals surface area (Å²) >= 11 is 0. The van der Waals surface area contributed by atoms with Crippen LogP contribution in [-0.2, 0) is 0 Å². The molecule has 5 rings (SSSR count). The molecule has 3 heteroatoms. The van der Waals surface area contributed by atoms with E-state index in [1.807, 2.05) is 84.9 Å². The summed E-state index contributed by atoms with van der Waals surface area (Å²) in [5.41, 5.74) is 4.70. The number of carbonyl (C=O) groups excluding carboxylic acids is 2. The summed E-state index contributed by atoms with van der Waals surface area (Å²) in [6.45, 7) is 0. The van der Waals surface area contributed by atoms with E-state index in [0.29, 0.717) is 11.1 Å². The van der Waals surface area contributed by atoms with E-state index in [0.717, 1.165) is 33.0 Å². The molecule has 0 saturated heterocycles. The van der Waals surface area contributed by atoms with Gasteiger partial charge in [-0.2, -0.15) is 0 Å². The molecular formula is C24H15NO2. The van der Waals surface area contributed by atoms with Gasteiger partial charge in [0, 0.05) is 5.39 Å². The lowest BCUT2D eigenvalue weighted by atomic mass is 9.85. The summed E-state index contributed by atoms with van der Waals surface area (Å²) in [7, 11) is 0. The number of benzene rings is 4. The van der Waals surface area contributed by atoms with Gasteiger partial charge in [0.2, 0.25) is 0 Å². The SMILES string of the molecule is O=C1NC(=O)c2c(-c3ccccc3)ccc3ccc(-c4ccccc4)c1c23. The zero-order valence-electron chi connectivity index (χ0n) is 14.4. The highest BCUT2D eigenvalue weighted by molar-refractivity contribution is 6.29. The fourth-order valence-electron chi connectivity index (χ4n) is 3.83. The van der Waals surface area contributed by atoms with Crippen molar-refractivity contribution in [2.24, 2.45) is 0 Å². The molecule has 0 fully saturated rings. The van der Waals surface area contributed by atoms with Crippen LogP contribution in [-0.4, -0.2) is 11.8 Å². The molecule has 0 unspecified atom stereocenters. The van der Waals surface area contributed by atoms with Crippen molar-refractivity contribution in [1.29, 1.82) is 0 Å². The Labute approximate surface area is 156 Å². The molecule has 1 N–H and O–H groups in total. The first kappa shape index (κ1) is 15.5. The first-order valence-electron chi connectivity index (χ1n) is 8.80. The van der Waals surface area contributed by atoms with Gasteiger partial charge in [-0.05, 0) is 27.6 Å². The van der Waals surface area contributed by atoms with Crippen molar-refractivity contribution < 1.29 is 9.59 Å². The van der Waals surface area contributed by atoms with Gasteiger partial charge in [-0.1, -0.05) is 84.9 Å². The van der Waals surface area contributed by atoms with E-state index in [4.69, 9.17) is 0 Å². The largest absolute Gasteiger partial charge is 0.288 e. The molecule has 4 aromatic rings. The van der Waals surface area contributed by atoms with E-state index < -0.39 is 0 Å². The molecular weight excluding hydrogens is 334 g/mol. The smallest absolute Gasteiger partial charge is 0.259 e. The van der Waals surface area contributed by atoms with E-state index in [-0.39, 0.29) is 11.8 Å². The Kier molecular flexibility index (Phi) is 3.41. The number of hydrogen-bond donors (Lipinski definition) is 1. The van der Waals surface area contributed by atoms with Crippen LogP contribution in [0, 0.1) is 0 Å². The second-order valence-electron chi connectivity index (χ2n) is 6.59. The quantitative estimate of drug-likeness (QED) is 0.514. The molecule has 128 valence electrons. The molecule has 27 heavy (non-hydrogen) atoms. The summed E-state index contributed by atoms with van der Waals surface area (Å²) in [4.78, 5) is 25.6. The van der Waals surface area contributed by atoms with Crippen LogP contribution in [0.1, 0.15) is 20.7 Å². The van der Waals surface area contributed by atoms with Crippen LogP contribution in [0.2, 0.25) is 0 Å². The third-order valence-corrected chi connectivity index (χ3v) is 5.04. The van der Waals surface area contributed by atoms with Gasteiger partial charge in [-0.3, -0.25) is 14.9 Å².